The monoisotopic (exact) mass is 382 g/mol. The van der Waals surface area contributed by atoms with Crippen molar-refractivity contribution in [2.45, 2.75) is 32.7 Å². The molecule has 1 aromatic carbocycles. The van der Waals surface area contributed by atoms with Gasteiger partial charge in [-0.3, -0.25) is 9.69 Å². The van der Waals surface area contributed by atoms with E-state index in [2.05, 4.69) is 36.1 Å². The molecule has 0 aliphatic carbocycles. The number of pyridine rings is 1. The standard InChI is InChI=1S/C22H26N2O2S/c1-4-15-7-8-16(11-20(15)26-3)19-14-23(2)22(25)18-12-17(27-21(18)19)13-24-9-5-6-10-24/h7-8,11-12,14H,4-6,9-10,13H2,1-3H3. The highest BCUT2D eigenvalue weighted by molar-refractivity contribution is 7.19. The number of ether oxygens (including phenoxy) is 1. The lowest BCUT2D eigenvalue weighted by atomic mass is 10.0. The number of likely N-dealkylation sites (tertiary alicyclic amines) is 1. The molecule has 0 unspecified atom stereocenters. The van der Waals surface area contributed by atoms with Crippen molar-refractivity contribution < 1.29 is 4.74 Å². The van der Waals surface area contributed by atoms with Crippen molar-refractivity contribution in [1.29, 1.82) is 0 Å². The Kier molecular flexibility index (Phi) is 5.06. The molecule has 2 aromatic heterocycles. The maximum absolute atomic E-state index is 12.7. The smallest absolute Gasteiger partial charge is 0.259 e. The Labute approximate surface area is 164 Å². The van der Waals surface area contributed by atoms with E-state index in [9.17, 15) is 4.79 Å². The van der Waals surface area contributed by atoms with Gasteiger partial charge in [0.05, 0.1) is 12.5 Å². The second kappa shape index (κ2) is 7.49. The summed E-state index contributed by atoms with van der Waals surface area (Å²) < 4.78 is 8.37. The van der Waals surface area contributed by atoms with Crippen LogP contribution in [0.15, 0.2) is 35.3 Å². The summed E-state index contributed by atoms with van der Waals surface area (Å²) in [6.45, 7) is 5.40. The average Bonchev–Trinajstić information content (AvgIpc) is 3.34. The second-order valence-corrected chi connectivity index (χ2v) is 8.41. The highest BCUT2D eigenvalue weighted by Gasteiger charge is 2.17. The number of nitrogens with zero attached hydrogens (tertiary/aromatic N) is 2. The topological polar surface area (TPSA) is 34.5 Å². The van der Waals surface area contributed by atoms with Crippen molar-refractivity contribution >= 4 is 21.4 Å². The van der Waals surface area contributed by atoms with Crippen LogP contribution in [0.5, 0.6) is 5.75 Å². The molecule has 4 nitrogen and oxygen atoms in total. The van der Waals surface area contributed by atoms with Crippen molar-refractivity contribution in [2.24, 2.45) is 7.05 Å². The summed E-state index contributed by atoms with van der Waals surface area (Å²) in [7, 11) is 3.55. The summed E-state index contributed by atoms with van der Waals surface area (Å²) in [6, 6.07) is 8.46. The molecule has 0 radical (unpaired) electrons. The molecule has 0 bridgehead atoms. The van der Waals surface area contributed by atoms with Crippen molar-refractivity contribution in [3.05, 3.63) is 51.3 Å². The third kappa shape index (κ3) is 3.42. The Hall–Kier alpha value is -2.11. The van der Waals surface area contributed by atoms with Gasteiger partial charge in [-0.2, -0.15) is 0 Å². The number of methoxy groups -OCH3 is 1. The second-order valence-electron chi connectivity index (χ2n) is 7.28. The summed E-state index contributed by atoms with van der Waals surface area (Å²) in [5.74, 6) is 0.908. The van der Waals surface area contributed by atoms with Crippen molar-refractivity contribution in [1.82, 2.24) is 9.47 Å². The molecular formula is C22H26N2O2S. The number of rotatable bonds is 5. The summed E-state index contributed by atoms with van der Waals surface area (Å²) in [5, 5.41) is 0.827. The minimum absolute atomic E-state index is 0.0785. The fourth-order valence-electron chi connectivity index (χ4n) is 3.95. The molecule has 1 saturated heterocycles. The molecule has 0 N–H and O–H groups in total. The Morgan fingerprint density at radius 2 is 1.96 bits per heavy atom. The lowest BCUT2D eigenvalue weighted by Gasteiger charge is -2.12. The molecular weight excluding hydrogens is 356 g/mol. The minimum Gasteiger partial charge on any atom is -0.496 e. The van der Waals surface area contributed by atoms with Gasteiger partial charge in [-0.1, -0.05) is 19.1 Å². The van der Waals surface area contributed by atoms with Gasteiger partial charge in [0.1, 0.15) is 5.75 Å². The van der Waals surface area contributed by atoms with Crippen LogP contribution in [0.1, 0.15) is 30.2 Å². The van der Waals surface area contributed by atoms with E-state index in [4.69, 9.17) is 4.74 Å². The van der Waals surface area contributed by atoms with Gasteiger partial charge in [0.15, 0.2) is 0 Å². The predicted octanol–water partition coefficient (Wildman–Crippen LogP) is 4.43. The zero-order valence-electron chi connectivity index (χ0n) is 16.2. The van der Waals surface area contributed by atoms with Crippen LogP contribution in [-0.4, -0.2) is 29.7 Å². The number of aryl methyl sites for hydroxylation is 2. The van der Waals surface area contributed by atoms with E-state index in [1.807, 2.05) is 13.2 Å². The van der Waals surface area contributed by atoms with E-state index in [0.29, 0.717) is 0 Å². The summed E-state index contributed by atoms with van der Waals surface area (Å²) >= 11 is 1.76. The van der Waals surface area contributed by atoms with Crippen LogP contribution in [0, 0.1) is 0 Å². The quantitative estimate of drug-likeness (QED) is 0.654. The molecule has 0 atom stereocenters. The van der Waals surface area contributed by atoms with Crippen molar-refractivity contribution in [3.8, 4) is 16.9 Å². The van der Waals surface area contributed by atoms with Gasteiger partial charge in [0.2, 0.25) is 0 Å². The molecule has 0 saturated carbocycles. The summed E-state index contributed by atoms with van der Waals surface area (Å²) in [4.78, 5) is 16.5. The van der Waals surface area contributed by atoms with E-state index in [1.54, 1.807) is 23.0 Å². The maximum Gasteiger partial charge on any atom is 0.259 e. The third-order valence-corrected chi connectivity index (χ3v) is 6.61. The van der Waals surface area contributed by atoms with Crippen LogP contribution in [-0.2, 0) is 20.0 Å². The Morgan fingerprint density at radius 3 is 2.67 bits per heavy atom. The molecule has 1 fully saturated rings. The lowest BCUT2D eigenvalue weighted by molar-refractivity contribution is 0.334. The molecule has 1 aliphatic heterocycles. The number of thiophene rings is 1. The van der Waals surface area contributed by atoms with Gasteiger partial charge < -0.3 is 9.30 Å². The number of benzene rings is 1. The number of fused-ring (bicyclic) bond motifs is 1. The zero-order valence-corrected chi connectivity index (χ0v) is 17.1. The predicted molar refractivity (Wildman–Crippen MR) is 113 cm³/mol. The molecule has 3 aromatic rings. The highest BCUT2D eigenvalue weighted by Crippen LogP contribution is 2.36. The number of hydrogen-bond acceptors (Lipinski definition) is 4. The van der Waals surface area contributed by atoms with Crippen LogP contribution in [0.3, 0.4) is 0 Å². The first-order chi connectivity index (χ1) is 13.1. The van der Waals surface area contributed by atoms with Gasteiger partial charge >= 0.3 is 0 Å². The Balaban J connectivity index is 1.83. The van der Waals surface area contributed by atoms with Gasteiger partial charge in [-0.15, -0.1) is 11.3 Å². The molecule has 1 aliphatic rings. The first-order valence-electron chi connectivity index (χ1n) is 9.62. The Bertz CT molecular complexity index is 1030. The fourth-order valence-corrected chi connectivity index (χ4v) is 5.17. The van der Waals surface area contributed by atoms with Gasteiger partial charge in [0, 0.05) is 34.9 Å². The van der Waals surface area contributed by atoms with Crippen LogP contribution < -0.4 is 10.3 Å². The van der Waals surface area contributed by atoms with E-state index in [-0.39, 0.29) is 5.56 Å². The van der Waals surface area contributed by atoms with Gasteiger partial charge in [0.25, 0.3) is 5.56 Å². The van der Waals surface area contributed by atoms with Crippen LogP contribution in [0.2, 0.25) is 0 Å². The maximum atomic E-state index is 12.7. The zero-order chi connectivity index (χ0) is 19.0. The molecule has 142 valence electrons. The van der Waals surface area contributed by atoms with Crippen LogP contribution in [0.4, 0.5) is 0 Å². The van der Waals surface area contributed by atoms with E-state index in [0.717, 1.165) is 53.0 Å². The number of aromatic nitrogens is 1. The number of hydrogen-bond donors (Lipinski definition) is 0. The van der Waals surface area contributed by atoms with E-state index >= 15 is 0 Å². The first-order valence-corrected chi connectivity index (χ1v) is 10.4. The average molecular weight is 383 g/mol. The first kappa shape index (κ1) is 18.3. The van der Waals surface area contributed by atoms with Crippen molar-refractivity contribution in [3.63, 3.8) is 0 Å². The molecule has 4 rings (SSSR count). The largest absolute Gasteiger partial charge is 0.496 e. The van der Waals surface area contributed by atoms with Gasteiger partial charge in [-0.05, 0) is 55.6 Å². The SMILES string of the molecule is CCc1ccc(-c2cn(C)c(=O)c3cc(CN4CCCC4)sc23)cc1OC. The van der Waals surface area contributed by atoms with Crippen LogP contribution in [0.25, 0.3) is 21.2 Å². The summed E-state index contributed by atoms with van der Waals surface area (Å²) in [6.07, 6.45) is 5.45. The van der Waals surface area contributed by atoms with Gasteiger partial charge in [-0.25, -0.2) is 0 Å². The Morgan fingerprint density at radius 1 is 1.19 bits per heavy atom. The third-order valence-electron chi connectivity index (χ3n) is 5.46. The summed E-state index contributed by atoms with van der Waals surface area (Å²) in [5.41, 5.74) is 3.47. The molecule has 5 heteroatoms. The van der Waals surface area contributed by atoms with E-state index in [1.165, 1.54) is 23.3 Å². The van der Waals surface area contributed by atoms with Crippen molar-refractivity contribution in [2.75, 3.05) is 20.2 Å². The molecule has 0 amide bonds. The van der Waals surface area contributed by atoms with Crippen LogP contribution >= 0.6 is 11.3 Å². The molecule has 27 heavy (non-hydrogen) atoms. The lowest BCUT2D eigenvalue weighted by Crippen LogP contribution is -2.17. The fraction of sp³-hybridized carbons (Fsp3) is 0.409. The minimum atomic E-state index is 0.0785. The van der Waals surface area contributed by atoms with E-state index < -0.39 is 0 Å². The normalized spacial score (nSPS) is 14.9. The highest BCUT2D eigenvalue weighted by atomic mass is 32.1. The molecule has 0 spiro atoms. The molecule has 3 heterocycles.